The van der Waals surface area contributed by atoms with Crippen molar-refractivity contribution in [3.05, 3.63) is 59.1 Å². The topological polar surface area (TPSA) is 75.9 Å². The number of anilines is 2. The number of likely N-dealkylation sites (N-methyl/N-ethyl adjacent to an activating group) is 1. The van der Waals surface area contributed by atoms with E-state index >= 15 is 0 Å². The molecule has 2 aromatic rings. The molecule has 0 unspecified atom stereocenters. The van der Waals surface area contributed by atoms with Gasteiger partial charge >= 0.3 is 6.18 Å². The minimum atomic E-state index is -4.87. The second kappa shape index (κ2) is 11.8. The van der Waals surface area contributed by atoms with Gasteiger partial charge in [0.1, 0.15) is 29.6 Å². The number of ether oxygens (including phenoxy) is 1. The maximum absolute atomic E-state index is 14.4. The zero-order valence-electron chi connectivity index (χ0n) is 23.8. The van der Waals surface area contributed by atoms with E-state index in [0.717, 1.165) is 31.0 Å². The monoisotopic (exact) mass is 586 g/mol. The second-order valence-electron chi connectivity index (χ2n) is 11.1. The molecule has 224 valence electrons. The van der Waals surface area contributed by atoms with Crippen LogP contribution in [0.2, 0.25) is 0 Å². The molecule has 2 saturated heterocycles. The molecule has 2 fully saturated rings. The summed E-state index contributed by atoms with van der Waals surface area (Å²) in [5, 5.41) is 10.3. The normalized spacial score (nSPS) is 21.2. The van der Waals surface area contributed by atoms with Gasteiger partial charge in [-0.25, -0.2) is 9.37 Å². The van der Waals surface area contributed by atoms with Crippen LogP contribution in [0.25, 0.3) is 0 Å². The summed E-state index contributed by atoms with van der Waals surface area (Å²) in [6, 6.07) is 5.62. The molecule has 0 N–H and O–H groups in total. The van der Waals surface area contributed by atoms with Gasteiger partial charge in [-0.2, -0.15) is 18.4 Å². The van der Waals surface area contributed by atoms with Gasteiger partial charge in [-0.1, -0.05) is 12.6 Å². The van der Waals surface area contributed by atoms with Crippen molar-refractivity contribution >= 4 is 17.3 Å². The fourth-order valence-corrected chi connectivity index (χ4v) is 6.32. The van der Waals surface area contributed by atoms with Crippen LogP contribution >= 0.6 is 0 Å². The van der Waals surface area contributed by atoms with Crippen molar-refractivity contribution in [3.63, 3.8) is 0 Å². The number of amides is 1. The number of rotatable bonds is 6. The SMILES string of the molecule is C=CC(=O)N1CCN(c2c(C#N)c(OC[C@@H]3CCCN3C)nc3c2CCN(c2cccc(F)c2C(F)(F)F)C3)C[C@H]1C. The van der Waals surface area contributed by atoms with Crippen LogP contribution in [0.15, 0.2) is 30.9 Å². The molecule has 42 heavy (non-hydrogen) atoms. The van der Waals surface area contributed by atoms with Gasteiger partial charge in [0.2, 0.25) is 11.8 Å². The van der Waals surface area contributed by atoms with Crippen molar-refractivity contribution < 1.29 is 27.1 Å². The number of benzene rings is 1. The Morgan fingerprint density at radius 3 is 2.67 bits per heavy atom. The Morgan fingerprint density at radius 2 is 2.02 bits per heavy atom. The lowest BCUT2D eigenvalue weighted by atomic mass is 9.96. The summed E-state index contributed by atoms with van der Waals surface area (Å²) in [7, 11) is 2.01. The Labute approximate surface area is 242 Å². The third-order valence-corrected chi connectivity index (χ3v) is 8.51. The van der Waals surface area contributed by atoms with Gasteiger partial charge in [-0.15, -0.1) is 0 Å². The van der Waals surface area contributed by atoms with Gasteiger partial charge in [-0.05, 0) is 58.0 Å². The van der Waals surface area contributed by atoms with Gasteiger partial charge in [0, 0.05) is 43.8 Å². The molecule has 8 nitrogen and oxygen atoms in total. The van der Waals surface area contributed by atoms with E-state index in [1.54, 1.807) is 4.90 Å². The third kappa shape index (κ3) is 5.62. The molecule has 2 atom stereocenters. The average Bonchev–Trinajstić information content (AvgIpc) is 3.37. The predicted molar refractivity (Wildman–Crippen MR) is 150 cm³/mol. The molecule has 1 aromatic carbocycles. The van der Waals surface area contributed by atoms with Gasteiger partial charge in [-0.3, -0.25) is 4.79 Å². The first-order chi connectivity index (χ1) is 20.0. The first-order valence-electron chi connectivity index (χ1n) is 14.1. The van der Waals surface area contributed by atoms with Crippen molar-refractivity contribution in [1.29, 1.82) is 5.26 Å². The van der Waals surface area contributed by atoms with E-state index in [4.69, 9.17) is 9.72 Å². The Hall–Kier alpha value is -3.85. The number of aromatic nitrogens is 1. The third-order valence-electron chi connectivity index (χ3n) is 8.51. The maximum Gasteiger partial charge on any atom is 0.421 e. The number of alkyl halides is 3. The summed E-state index contributed by atoms with van der Waals surface area (Å²) in [5.41, 5.74) is 0.611. The molecule has 1 amide bonds. The van der Waals surface area contributed by atoms with E-state index < -0.39 is 17.6 Å². The highest BCUT2D eigenvalue weighted by atomic mass is 19.4. The molecule has 0 radical (unpaired) electrons. The zero-order chi connectivity index (χ0) is 30.2. The number of likely N-dealkylation sites (tertiary alicyclic amines) is 1. The summed E-state index contributed by atoms with van der Waals surface area (Å²) in [6.45, 7) is 8.25. The van der Waals surface area contributed by atoms with E-state index in [0.29, 0.717) is 44.0 Å². The van der Waals surface area contributed by atoms with Crippen LogP contribution in [-0.4, -0.2) is 79.2 Å². The number of carbonyl (C=O) groups excluding carboxylic acids is 1. The molecule has 3 aliphatic heterocycles. The quantitative estimate of drug-likeness (QED) is 0.368. The highest BCUT2D eigenvalue weighted by Crippen LogP contribution is 2.42. The number of nitrogens with zero attached hydrogens (tertiary/aromatic N) is 6. The molecular weight excluding hydrogens is 552 g/mol. The van der Waals surface area contributed by atoms with Crippen molar-refractivity contribution in [2.24, 2.45) is 0 Å². The molecule has 0 saturated carbocycles. The van der Waals surface area contributed by atoms with Crippen LogP contribution in [0.4, 0.5) is 28.9 Å². The number of hydrogen-bond acceptors (Lipinski definition) is 7. The molecule has 4 heterocycles. The van der Waals surface area contributed by atoms with Gasteiger partial charge in [0.05, 0.1) is 23.6 Å². The first-order valence-corrected chi connectivity index (χ1v) is 14.1. The number of pyridine rings is 1. The van der Waals surface area contributed by atoms with E-state index in [9.17, 15) is 27.6 Å². The minimum absolute atomic E-state index is 0.00919. The van der Waals surface area contributed by atoms with Crippen molar-refractivity contribution in [1.82, 2.24) is 14.8 Å². The lowest BCUT2D eigenvalue weighted by Crippen LogP contribution is -2.54. The standard InChI is InChI=1S/C30H34F4N6O2/c1-4-26(41)40-14-13-39(16-19(40)2)28-21-10-12-38(25-9-5-8-23(31)27(25)30(32,33)34)17-24(21)36-29(22(28)15-35)42-18-20-7-6-11-37(20)3/h4-5,8-9,19-20H,1,6-7,10-14,16-18H2,2-3H3/t19-,20+/m1/s1. The number of piperazine rings is 1. The molecule has 12 heteroatoms. The minimum Gasteiger partial charge on any atom is -0.475 e. The Balaban J connectivity index is 1.55. The number of hydrogen-bond donors (Lipinski definition) is 0. The summed E-state index contributed by atoms with van der Waals surface area (Å²) in [6.07, 6.45) is -1.31. The van der Waals surface area contributed by atoms with Crippen LogP contribution in [0.3, 0.4) is 0 Å². The fraction of sp³-hybridized carbons (Fsp3) is 0.500. The van der Waals surface area contributed by atoms with Crippen LogP contribution in [0.1, 0.15) is 42.1 Å². The van der Waals surface area contributed by atoms with Crippen LogP contribution in [0.5, 0.6) is 5.88 Å². The van der Waals surface area contributed by atoms with Gasteiger partial charge in [0.25, 0.3) is 0 Å². The average molecular weight is 587 g/mol. The van der Waals surface area contributed by atoms with Gasteiger partial charge in [0.15, 0.2) is 0 Å². The molecule has 0 spiro atoms. The highest BCUT2D eigenvalue weighted by Gasteiger charge is 2.40. The second-order valence-corrected chi connectivity index (χ2v) is 11.1. The summed E-state index contributed by atoms with van der Waals surface area (Å²) in [5.74, 6) is -1.36. The zero-order valence-corrected chi connectivity index (χ0v) is 23.8. The molecule has 0 aliphatic carbocycles. The summed E-state index contributed by atoms with van der Waals surface area (Å²) < 4.78 is 62.2. The van der Waals surface area contributed by atoms with Gasteiger partial charge < -0.3 is 24.3 Å². The van der Waals surface area contributed by atoms with Crippen LogP contribution in [-0.2, 0) is 23.9 Å². The number of fused-ring (bicyclic) bond motifs is 1. The molecule has 5 rings (SSSR count). The van der Waals surface area contributed by atoms with Crippen molar-refractivity contribution in [3.8, 4) is 11.9 Å². The molecular formula is C30H34F4N6O2. The molecule has 0 bridgehead atoms. The Bertz CT molecular complexity index is 1410. The number of nitriles is 1. The maximum atomic E-state index is 14.4. The largest absolute Gasteiger partial charge is 0.475 e. The Morgan fingerprint density at radius 1 is 1.24 bits per heavy atom. The Kier molecular flexibility index (Phi) is 8.32. The van der Waals surface area contributed by atoms with E-state index in [1.165, 1.54) is 23.1 Å². The highest BCUT2D eigenvalue weighted by molar-refractivity contribution is 5.87. The first kappa shape index (κ1) is 29.6. The summed E-state index contributed by atoms with van der Waals surface area (Å²) >= 11 is 0. The van der Waals surface area contributed by atoms with Crippen LogP contribution in [0, 0.1) is 17.1 Å². The van der Waals surface area contributed by atoms with E-state index in [-0.39, 0.29) is 48.2 Å². The predicted octanol–water partition coefficient (Wildman–Crippen LogP) is 4.37. The van der Waals surface area contributed by atoms with Crippen LogP contribution < -0.4 is 14.5 Å². The molecule has 1 aromatic heterocycles. The fourth-order valence-electron chi connectivity index (χ4n) is 6.32. The smallest absolute Gasteiger partial charge is 0.421 e. The van der Waals surface area contributed by atoms with Crippen molar-refractivity contribution in [2.75, 3.05) is 56.2 Å². The van der Waals surface area contributed by atoms with E-state index in [1.807, 2.05) is 18.9 Å². The number of halogens is 4. The lowest BCUT2D eigenvalue weighted by molar-refractivity contribution is -0.139. The molecule has 3 aliphatic rings. The van der Waals surface area contributed by atoms with E-state index in [2.05, 4.69) is 17.5 Å². The summed E-state index contributed by atoms with van der Waals surface area (Å²) in [4.78, 5) is 24.5. The number of carbonyl (C=O) groups is 1. The lowest BCUT2D eigenvalue weighted by Gasteiger charge is -2.42. The van der Waals surface area contributed by atoms with Crippen molar-refractivity contribution in [2.45, 2.75) is 51.0 Å².